The Bertz CT molecular complexity index is 1200. The second-order valence-corrected chi connectivity index (χ2v) is 7.71. The molecule has 2 aromatic carbocycles. The number of halogens is 1. The highest BCUT2D eigenvalue weighted by Crippen LogP contribution is 2.24. The molecule has 0 radical (unpaired) electrons. The normalized spacial score (nSPS) is 12.0. The number of carbonyl (C=O) groups excluding carboxylic acids is 1. The van der Waals surface area contributed by atoms with Crippen LogP contribution in [0.5, 0.6) is 0 Å². The van der Waals surface area contributed by atoms with Gasteiger partial charge in [-0.2, -0.15) is 0 Å². The van der Waals surface area contributed by atoms with Crippen LogP contribution in [0, 0.1) is 5.82 Å². The van der Waals surface area contributed by atoms with Crippen LogP contribution < -0.4 is 5.32 Å². The minimum absolute atomic E-state index is 0.0324. The van der Waals surface area contributed by atoms with Crippen LogP contribution in [0.3, 0.4) is 0 Å². The van der Waals surface area contributed by atoms with E-state index in [1.165, 1.54) is 23.5 Å². The topological polar surface area (TPSA) is 95.1 Å². The summed E-state index contributed by atoms with van der Waals surface area (Å²) in [6.07, 6.45) is 1.90. The minimum Gasteiger partial charge on any atom is -0.480 e. The van der Waals surface area contributed by atoms with Gasteiger partial charge in [0.15, 0.2) is 0 Å². The van der Waals surface area contributed by atoms with Crippen LogP contribution in [0.4, 0.5) is 4.39 Å². The van der Waals surface area contributed by atoms with Gasteiger partial charge in [-0.1, -0.05) is 18.2 Å². The number of thiazole rings is 1. The number of fused-ring (bicyclic) bond motifs is 1. The van der Waals surface area contributed by atoms with Crippen LogP contribution in [0.2, 0.25) is 0 Å². The number of nitrogens with one attached hydrogen (secondary N) is 2. The molecular weight excluding hydrogens is 405 g/mol. The number of carboxylic acids is 1. The first-order valence-corrected chi connectivity index (χ1v) is 10.1. The first kappa shape index (κ1) is 19.8. The highest BCUT2D eigenvalue weighted by molar-refractivity contribution is 7.13. The lowest BCUT2D eigenvalue weighted by atomic mass is 10.0. The molecule has 0 bridgehead atoms. The van der Waals surface area contributed by atoms with Gasteiger partial charge in [-0.25, -0.2) is 14.2 Å². The Morgan fingerprint density at radius 3 is 2.70 bits per heavy atom. The maximum absolute atomic E-state index is 13.1. The maximum atomic E-state index is 13.1. The molecule has 1 atom stereocenters. The molecule has 0 aliphatic rings. The maximum Gasteiger partial charge on any atom is 0.326 e. The summed E-state index contributed by atoms with van der Waals surface area (Å²) < 4.78 is 13.1. The predicted molar refractivity (Wildman–Crippen MR) is 113 cm³/mol. The van der Waals surface area contributed by atoms with E-state index in [2.05, 4.69) is 15.3 Å². The Hall–Kier alpha value is -3.52. The molecule has 3 N–H and O–H groups in total. The van der Waals surface area contributed by atoms with E-state index in [1.54, 1.807) is 23.7 Å². The Balaban J connectivity index is 1.42. The lowest BCUT2D eigenvalue weighted by Crippen LogP contribution is -2.43. The largest absolute Gasteiger partial charge is 0.480 e. The van der Waals surface area contributed by atoms with E-state index in [0.717, 1.165) is 22.0 Å². The summed E-state index contributed by atoms with van der Waals surface area (Å²) in [5, 5.41) is 15.5. The Kier molecular flexibility index (Phi) is 5.58. The number of aromatic nitrogens is 2. The fourth-order valence-electron chi connectivity index (χ4n) is 3.24. The molecule has 0 saturated carbocycles. The van der Waals surface area contributed by atoms with E-state index in [-0.39, 0.29) is 18.7 Å². The molecule has 0 spiro atoms. The Morgan fingerprint density at radius 1 is 1.17 bits per heavy atom. The number of hydrogen-bond donors (Lipinski definition) is 3. The van der Waals surface area contributed by atoms with Crippen molar-refractivity contribution in [1.29, 1.82) is 0 Å². The fourth-order valence-corrected chi connectivity index (χ4v) is 4.07. The minimum atomic E-state index is -1.10. The van der Waals surface area contributed by atoms with Crippen LogP contribution in [-0.4, -0.2) is 33.0 Å². The Labute approximate surface area is 175 Å². The summed E-state index contributed by atoms with van der Waals surface area (Å²) in [7, 11) is 0. The zero-order valence-electron chi connectivity index (χ0n) is 15.8. The molecule has 8 heteroatoms. The number of H-pyrrole nitrogens is 1. The van der Waals surface area contributed by atoms with Crippen LogP contribution in [-0.2, 0) is 22.4 Å². The standard InChI is InChI=1S/C22H18FN3O3S/c23-15-7-5-13(6-8-15)21-25-16(12-30-21)10-20(27)26-19(22(28)29)9-14-11-24-18-4-2-1-3-17(14)18/h1-8,11-12,19,24H,9-10H2,(H,26,27)(H,28,29)/t19-/m1/s1. The van der Waals surface area contributed by atoms with Crippen molar-refractivity contribution in [2.45, 2.75) is 18.9 Å². The number of carboxylic acid groups (broad SMARTS) is 1. The molecule has 4 aromatic rings. The van der Waals surface area contributed by atoms with E-state index < -0.39 is 17.9 Å². The van der Waals surface area contributed by atoms with Gasteiger partial charge in [0.1, 0.15) is 16.9 Å². The van der Waals surface area contributed by atoms with Crippen molar-refractivity contribution in [1.82, 2.24) is 15.3 Å². The van der Waals surface area contributed by atoms with Crippen LogP contribution in [0.25, 0.3) is 21.5 Å². The molecule has 2 heterocycles. The molecular formula is C22H18FN3O3S. The smallest absolute Gasteiger partial charge is 0.326 e. The van der Waals surface area contributed by atoms with Crippen LogP contribution >= 0.6 is 11.3 Å². The molecule has 0 unspecified atom stereocenters. The van der Waals surface area contributed by atoms with E-state index in [9.17, 15) is 19.1 Å². The van der Waals surface area contributed by atoms with Gasteiger partial charge < -0.3 is 15.4 Å². The lowest BCUT2D eigenvalue weighted by Gasteiger charge is -2.14. The molecule has 6 nitrogen and oxygen atoms in total. The van der Waals surface area contributed by atoms with Crippen molar-refractivity contribution in [3.63, 3.8) is 0 Å². The number of nitrogens with zero attached hydrogens (tertiary/aromatic N) is 1. The summed E-state index contributed by atoms with van der Waals surface area (Å²) >= 11 is 1.35. The highest BCUT2D eigenvalue weighted by Gasteiger charge is 2.22. The lowest BCUT2D eigenvalue weighted by molar-refractivity contribution is -0.141. The molecule has 30 heavy (non-hydrogen) atoms. The molecule has 152 valence electrons. The summed E-state index contributed by atoms with van der Waals surface area (Å²) in [5.41, 5.74) is 3.04. The van der Waals surface area contributed by atoms with Crippen molar-refractivity contribution in [2.24, 2.45) is 0 Å². The van der Waals surface area contributed by atoms with Gasteiger partial charge in [-0.3, -0.25) is 4.79 Å². The average molecular weight is 423 g/mol. The summed E-state index contributed by atoms with van der Waals surface area (Å²) in [6, 6.07) is 12.5. The van der Waals surface area contributed by atoms with Crippen molar-refractivity contribution in [2.75, 3.05) is 0 Å². The van der Waals surface area contributed by atoms with Gasteiger partial charge in [0, 0.05) is 34.5 Å². The fraction of sp³-hybridized carbons (Fsp3) is 0.136. The van der Waals surface area contributed by atoms with E-state index in [0.29, 0.717) is 10.7 Å². The monoisotopic (exact) mass is 423 g/mol. The third-order valence-corrected chi connectivity index (χ3v) is 5.66. The summed E-state index contributed by atoms with van der Waals surface area (Å²) in [4.78, 5) is 31.7. The number of rotatable bonds is 7. The van der Waals surface area contributed by atoms with Gasteiger partial charge in [0.2, 0.25) is 5.91 Å². The first-order chi connectivity index (χ1) is 14.5. The number of aromatic amines is 1. The van der Waals surface area contributed by atoms with Crippen molar-refractivity contribution in [3.05, 3.63) is 77.2 Å². The first-order valence-electron chi connectivity index (χ1n) is 9.27. The molecule has 0 aliphatic heterocycles. The zero-order valence-corrected chi connectivity index (χ0v) is 16.6. The molecule has 0 saturated heterocycles. The molecule has 0 fully saturated rings. The van der Waals surface area contributed by atoms with E-state index in [4.69, 9.17) is 0 Å². The molecule has 0 aliphatic carbocycles. The summed E-state index contributed by atoms with van der Waals surface area (Å²) in [5.74, 6) is -1.85. The van der Waals surface area contributed by atoms with Gasteiger partial charge in [-0.15, -0.1) is 11.3 Å². The zero-order chi connectivity index (χ0) is 21.1. The number of benzene rings is 2. The molecule has 4 rings (SSSR count). The summed E-state index contributed by atoms with van der Waals surface area (Å²) in [6.45, 7) is 0. The number of hydrogen-bond acceptors (Lipinski definition) is 4. The second-order valence-electron chi connectivity index (χ2n) is 6.85. The highest BCUT2D eigenvalue weighted by atomic mass is 32.1. The predicted octanol–water partition coefficient (Wildman–Crippen LogP) is 3.79. The number of amides is 1. The second kappa shape index (κ2) is 8.46. The number of carbonyl (C=O) groups is 2. The third-order valence-electron chi connectivity index (χ3n) is 4.72. The quantitative estimate of drug-likeness (QED) is 0.422. The SMILES string of the molecule is O=C(Cc1csc(-c2ccc(F)cc2)n1)N[C@H](Cc1c[nH]c2ccccc12)C(=O)O. The van der Waals surface area contributed by atoms with Crippen molar-refractivity contribution >= 4 is 34.1 Å². The van der Waals surface area contributed by atoms with E-state index in [1.807, 2.05) is 24.3 Å². The van der Waals surface area contributed by atoms with Crippen molar-refractivity contribution < 1.29 is 19.1 Å². The average Bonchev–Trinajstić information content (AvgIpc) is 3.35. The van der Waals surface area contributed by atoms with Crippen molar-refractivity contribution in [3.8, 4) is 10.6 Å². The van der Waals surface area contributed by atoms with Gasteiger partial charge >= 0.3 is 5.97 Å². The van der Waals surface area contributed by atoms with Crippen LogP contribution in [0.15, 0.2) is 60.1 Å². The third kappa shape index (κ3) is 4.38. The number of para-hydroxylation sites is 1. The molecule has 1 amide bonds. The van der Waals surface area contributed by atoms with Gasteiger partial charge in [0.25, 0.3) is 0 Å². The molecule has 2 aromatic heterocycles. The number of aliphatic carboxylic acids is 1. The van der Waals surface area contributed by atoms with Crippen LogP contribution in [0.1, 0.15) is 11.3 Å². The van der Waals surface area contributed by atoms with E-state index >= 15 is 0 Å². The van der Waals surface area contributed by atoms with Gasteiger partial charge in [0.05, 0.1) is 12.1 Å². The van der Waals surface area contributed by atoms with Gasteiger partial charge in [-0.05, 0) is 35.9 Å². The Morgan fingerprint density at radius 2 is 1.93 bits per heavy atom.